The lowest BCUT2D eigenvalue weighted by atomic mass is 9.38. The fraction of sp³-hybridized carbons (Fsp3) is 0.952. The van der Waals surface area contributed by atoms with Gasteiger partial charge in [0.05, 0.1) is 36.6 Å². The number of ether oxygens (including phenoxy) is 4. The molecule has 0 bridgehead atoms. The van der Waals surface area contributed by atoms with E-state index in [4.69, 9.17) is 18.9 Å². The molecule has 5 fully saturated rings. The van der Waals surface area contributed by atoms with E-state index in [1.165, 1.54) is 5.57 Å². The van der Waals surface area contributed by atoms with E-state index in [-0.39, 0.29) is 40.1 Å². The molecule has 13 heteroatoms. The molecule has 20 atom stereocenters. The lowest BCUT2D eigenvalue weighted by molar-refractivity contribution is -0.320. The first-order chi connectivity index (χ1) is 25.4. The number of aliphatic hydroxyl groups is 9. The van der Waals surface area contributed by atoms with Gasteiger partial charge in [-0.15, -0.1) is 0 Å². The molecule has 2 aliphatic heterocycles. The molecule has 4 aliphatic carbocycles. The molecule has 6 rings (SSSR count). The Morgan fingerprint density at radius 1 is 0.818 bits per heavy atom. The van der Waals surface area contributed by atoms with E-state index in [1.807, 2.05) is 0 Å². The SMILES string of the molecule is C[C@H](CC[C@@H](O[C@@H]1O[C@H](C)[C@@H](O)[C@H](O)[C@H]1O)C(C)(C)O)C1CC[C@@]2(C)C3CC=C4C(CC[C@H](O[C@@H]5O[C@H](CO)[C@@H](O)[C@H](O)[C@H]5O)C4(C)C)[C@]3(C)[C@H](O)C[C@]12C. The van der Waals surface area contributed by atoms with E-state index < -0.39 is 91.2 Å². The summed E-state index contributed by atoms with van der Waals surface area (Å²) >= 11 is 0. The minimum atomic E-state index is -1.51. The van der Waals surface area contributed by atoms with Crippen LogP contribution in [0.2, 0.25) is 0 Å². The number of rotatable bonds is 10. The molecule has 0 spiro atoms. The van der Waals surface area contributed by atoms with Crippen LogP contribution >= 0.6 is 0 Å². The van der Waals surface area contributed by atoms with Crippen molar-refractivity contribution in [3.8, 4) is 0 Å². The lowest BCUT2D eigenvalue weighted by Gasteiger charge is -2.67. The first-order valence-corrected chi connectivity index (χ1v) is 20.9. The minimum absolute atomic E-state index is 0.0466. The van der Waals surface area contributed by atoms with Gasteiger partial charge in [0.15, 0.2) is 12.6 Å². The molecule has 0 radical (unpaired) electrons. The van der Waals surface area contributed by atoms with E-state index >= 15 is 0 Å². The van der Waals surface area contributed by atoms with Crippen LogP contribution in [0, 0.1) is 45.3 Å². The van der Waals surface area contributed by atoms with E-state index in [2.05, 4.69) is 47.6 Å². The van der Waals surface area contributed by atoms with Crippen molar-refractivity contribution in [2.45, 2.75) is 199 Å². The molecule has 0 aromatic carbocycles. The Kier molecular flexibility index (Phi) is 12.2. The van der Waals surface area contributed by atoms with Crippen molar-refractivity contribution in [1.29, 1.82) is 0 Å². The molecule has 3 saturated carbocycles. The fourth-order valence-corrected chi connectivity index (χ4v) is 12.7. The Morgan fingerprint density at radius 3 is 2.09 bits per heavy atom. The average Bonchev–Trinajstić information content (AvgIpc) is 3.38. The van der Waals surface area contributed by atoms with E-state index in [0.29, 0.717) is 25.2 Å². The molecular weight excluding hydrogens is 712 g/mol. The molecule has 2 heterocycles. The van der Waals surface area contributed by atoms with Gasteiger partial charge < -0.3 is 64.9 Å². The van der Waals surface area contributed by atoms with Gasteiger partial charge in [-0.3, -0.25) is 0 Å². The van der Waals surface area contributed by atoms with Crippen LogP contribution in [0.5, 0.6) is 0 Å². The van der Waals surface area contributed by atoms with Gasteiger partial charge in [0.1, 0.15) is 42.7 Å². The summed E-state index contributed by atoms with van der Waals surface area (Å²) in [5.74, 6) is 0.911. The summed E-state index contributed by atoms with van der Waals surface area (Å²) in [7, 11) is 0. The molecule has 55 heavy (non-hydrogen) atoms. The second-order valence-corrected chi connectivity index (χ2v) is 20.2. The maximum Gasteiger partial charge on any atom is 0.187 e. The summed E-state index contributed by atoms with van der Waals surface area (Å²) in [5, 5.41) is 95.9. The van der Waals surface area contributed by atoms with Crippen LogP contribution in [0.25, 0.3) is 0 Å². The van der Waals surface area contributed by atoms with Crippen molar-refractivity contribution in [1.82, 2.24) is 0 Å². The molecular formula is C42H72O13. The van der Waals surface area contributed by atoms with Gasteiger partial charge in [0.2, 0.25) is 0 Å². The van der Waals surface area contributed by atoms with E-state index in [0.717, 1.165) is 32.1 Å². The largest absolute Gasteiger partial charge is 0.394 e. The van der Waals surface area contributed by atoms with Crippen molar-refractivity contribution < 1.29 is 64.9 Å². The first-order valence-electron chi connectivity index (χ1n) is 20.9. The van der Waals surface area contributed by atoms with Crippen molar-refractivity contribution in [2.75, 3.05) is 6.61 Å². The third-order valence-corrected chi connectivity index (χ3v) is 16.5. The summed E-state index contributed by atoms with van der Waals surface area (Å²) in [5.41, 5.74) is -1.07. The maximum absolute atomic E-state index is 12.4. The second-order valence-electron chi connectivity index (χ2n) is 20.2. The Bertz CT molecular complexity index is 1380. The van der Waals surface area contributed by atoms with Crippen LogP contribution in [-0.2, 0) is 18.9 Å². The summed E-state index contributed by atoms with van der Waals surface area (Å²) in [6.45, 7) is 18.1. The summed E-state index contributed by atoms with van der Waals surface area (Å²) in [4.78, 5) is 0. The van der Waals surface area contributed by atoms with Crippen molar-refractivity contribution in [3.05, 3.63) is 11.6 Å². The number of hydrogen-bond acceptors (Lipinski definition) is 13. The predicted molar refractivity (Wildman–Crippen MR) is 201 cm³/mol. The van der Waals surface area contributed by atoms with E-state index in [1.54, 1.807) is 20.8 Å². The molecule has 0 aromatic heterocycles. The van der Waals surface area contributed by atoms with E-state index in [9.17, 15) is 46.0 Å². The van der Waals surface area contributed by atoms with Crippen LogP contribution < -0.4 is 0 Å². The monoisotopic (exact) mass is 784 g/mol. The highest BCUT2D eigenvalue weighted by molar-refractivity contribution is 5.32. The van der Waals surface area contributed by atoms with Crippen molar-refractivity contribution in [3.63, 3.8) is 0 Å². The predicted octanol–water partition coefficient (Wildman–Crippen LogP) is 2.15. The molecule has 318 valence electrons. The van der Waals surface area contributed by atoms with Gasteiger partial charge in [-0.05, 0) is 107 Å². The normalized spacial score (nSPS) is 51.0. The molecule has 6 aliphatic rings. The highest BCUT2D eigenvalue weighted by Crippen LogP contribution is 2.75. The minimum Gasteiger partial charge on any atom is -0.394 e. The number of allylic oxidation sites excluding steroid dienone is 1. The molecule has 3 unspecified atom stereocenters. The summed E-state index contributed by atoms with van der Waals surface area (Å²) in [6.07, 6.45) is -5.75. The van der Waals surface area contributed by atoms with Crippen LogP contribution in [0.4, 0.5) is 0 Å². The van der Waals surface area contributed by atoms with Gasteiger partial charge in [-0.2, -0.15) is 0 Å². The molecule has 9 N–H and O–H groups in total. The molecule has 0 aromatic rings. The van der Waals surface area contributed by atoms with Gasteiger partial charge in [-0.25, -0.2) is 0 Å². The van der Waals surface area contributed by atoms with Gasteiger partial charge in [0.25, 0.3) is 0 Å². The average molecular weight is 785 g/mol. The highest BCUT2D eigenvalue weighted by Gasteiger charge is 2.70. The summed E-state index contributed by atoms with van der Waals surface area (Å²) < 4.78 is 24.0. The Balaban J connectivity index is 1.17. The maximum atomic E-state index is 12.4. The first kappa shape index (κ1) is 43.8. The number of hydrogen-bond donors (Lipinski definition) is 9. The Hall–Kier alpha value is -0.780. The number of aliphatic hydroxyl groups excluding tert-OH is 8. The van der Waals surface area contributed by atoms with Crippen LogP contribution in [-0.4, -0.2) is 138 Å². The van der Waals surface area contributed by atoms with Crippen molar-refractivity contribution >= 4 is 0 Å². The zero-order chi connectivity index (χ0) is 40.8. The van der Waals surface area contributed by atoms with Crippen molar-refractivity contribution in [2.24, 2.45) is 45.3 Å². The lowest BCUT2D eigenvalue weighted by Crippen LogP contribution is -2.65. The zero-order valence-corrected chi connectivity index (χ0v) is 34.4. The van der Waals surface area contributed by atoms with Gasteiger partial charge >= 0.3 is 0 Å². The second kappa shape index (κ2) is 15.4. The van der Waals surface area contributed by atoms with Crippen LogP contribution in [0.3, 0.4) is 0 Å². The van der Waals surface area contributed by atoms with Gasteiger partial charge in [-0.1, -0.05) is 53.2 Å². The quantitative estimate of drug-likeness (QED) is 0.145. The Labute approximate surface area is 327 Å². The molecule has 2 saturated heterocycles. The topological polar surface area (TPSA) is 219 Å². The third-order valence-electron chi connectivity index (χ3n) is 16.5. The highest BCUT2D eigenvalue weighted by atomic mass is 16.7. The standard InChI is InChI=1S/C42H72O13/c1-20(10-14-29(39(5,6)51)55-36-34(49)32(47)30(45)21(2)52-36)22-16-17-40(7)26-13-11-23-24(42(26,9)27(44)18-41(22,40)8)12-15-28(38(23,3)4)54-37-35(50)33(48)31(46)25(19-43)53-37/h11,20-22,24-37,43-51H,10,12-19H2,1-9H3/t20-,21-,22?,24?,25-,26?,27-,28+,29-,30-,31-,32+,33+,34-,35-,36+,37+,40+,41-,42+/m1/s1. The smallest absolute Gasteiger partial charge is 0.187 e. The van der Waals surface area contributed by atoms with Crippen LogP contribution in [0.1, 0.15) is 114 Å². The third kappa shape index (κ3) is 7.10. The molecule has 13 nitrogen and oxygen atoms in total. The Morgan fingerprint density at radius 2 is 1.45 bits per heavy atom. The van der Waals surface area contributed by atoms with Gasteiger partial charge in [0, 0.05) is 10.8 Å². The number of fused-ring (bicyclic) bond motifs is 5. The van der Waals surface area contributed by atoms with Crippen LogP contribution in [0.15, 0.2) is 11.6 Å². The fourth-order valence-electron chi connectivity index (χ4n) is 12.7. The summed E-state index contributed by atoms with van der Waals surface area (Å²) in [6, 6.07) is 0. The molecule has 0 amide bonds. The zero-order valence-electron chi connectivity index (χ0n) is 34.4.